The molecule has 6 nitrogen and oxygen atoms in total. The molecule has 0 aliphatic carbocycles. The number of benzene rings is 2. The van der Waals surface area contributed by atoms with Crippen LogP contribution >= 0.6 is 0 Å². The van der Waals surface area contributed by atoms with Crippen LogP contribution < -0.4 is 5.32 Å². The number of amides is 1. The van der Waals surface area contributed by atoms with Gasteiger partial charge < -0.3 is 14.9 Å². The molecule has 1 N–H and O–H groups in total. The number of esters is 1. The predicted molar refractivity (Wildman–Crippen MR) is 114 cm³/mol. The lowest BCUT2D eigenvalue weighted by Crippen LogP contribution is -2.53. The molecular formula is C24H25FN2O4. The van der Waals surface area contributed by atoms with Gasteiger partial charge in [-0.1, -0.05) is 24.3 Å². The number of nitrogens with one attached hydrogen (secondary N) is 1. The van der Waals surface area contributed by atoms with Gasteiger partial charge in [0, 0.05) is 20.0 Å². The Balaban J connectivity index is 1.82. The monoisotopic (exact) mass is 424 g/mol. The van der Waals surface area contributed by atoms with Gasteiger partial charge in [-0.3, -0.25) is 9.59 Å². The molecule has 0 bridgehead atoms. The van der Waals surface area contributed by atoms with E-state index in [0.29, 0.717) is 42.8 Å². The predicted octanol–water partition coefficient (Wildman–Crippen LogP) is 3.60. The molecule has 1 saturated heterocycles. The summed E-state index contributed by atoms with van der Waals surface area (Å²) in [6.45, 7) is 4.45. The summed E-state index contributed by atoms with van der Waals surface area (Å²) in [5.41, 5.74) is 2.89. The first-order valence-electron chi connectivity index (χ1n) is 10.2. The van der Waals surface area contributed by atoms with Crippen LogP contribution in [0.15, 0.2) is 48.2 Å². The molecule has 7 heteroatoms. The Morgan fingerprint density at radius 3 is 2.35 bits per heavy atom. The maximum atomic E-state index is 13.3. The van der Waals surface area contributed by atoms with Crippen molar-refractivity contribution in [2.75, 3.05) is 20.2 Å². The summed E-state index contributed by atoms with van der Waals surface area (Å²) in [7, 11) is 1.61. The lowest BCUT2D eigenvalue weighted by molar-refractivity contribution is -0.155. The van der Waals surface area contributed by atoms with Crippen LogP contribution in [-0.2, 0) is 19.2 Å². The smallest absolute Gasteiger partial charge is 0.307 e. The van der Waals surface area contributed by atoms with Crippen LogP contribution in [0.4, 0.5) is 4.39 Å². The molecule has 2 aliphatic rings. The Kier molecular flexibility index (Phi) is 5.64. The van der Waals surface area contributed by atoms with E-state index < -0.39 is 11.5 Å². The zero-order valence-electron chi connectivity index (χ0n) is 17.8. The quantitative estimate of drug-likeness (QED) is 0.760. The third-order valence-corrected chi connectivity index (χ3v) is 6.01. The Hall–Kier alpha value is -3.03. The normalized spacial score (nSPS) is 18.4. The van der Waals surface area contributed by atoms with E-state index in [4.69, 9.17) is 9.57 Å². The maximum absolute atomic E-state index is 13.3. The molecule has 0 unspecified atom stereocenters. The van der Waals surface area contributed by atoms with Crippen molar-refractivity contribution in [3.05, 3.63) is 65.2 Å². The number of hydrogen-bond acceptors (Lipinski definition) is 5. The molecule has 1 fully saturated rings. The minimum Gasteiger partial charge on any atom is -0.428 e. The van der Waals surface area contributed by atoms with E-state index in [-0.39, 0.29) is 11.7 Å². The molecule has 4 rings (SSSR count). The van der Waals surface area contributed by atoms with Crippen molar-refractivity contribution < 1.29 is 23.6 Å². The largest absolute Gasteiger partial charge is 0.428 e. The topological polar surface area (TPSA) is 67.9 Å². The van der Waals surface area contributed by atoms with Gasteiger partial charge >= 0.3 is 5.97 Å². The lowest BCUT2D eigenvalue weighted by Gasteiger charge is -2.38. The third kappa shape index (κ3) is 3.98. The van der Waals surface area contributed by atoms with Crippen molar-refractivity contribution in [1.29, 1.82) is 0 Å². The van der Waals surface area contributed by atoms with Gasteiger partial charge in [-0.25, -0.2) is 4.39 Å². The number of hydroxylamine groups is 2. The van der Waals surface area contributed by atoms with Gasteiger partial charge in [-0.05, 0) is 60.2 Å². The first-order valence-corrected chi connectivity index (χ1v) is 10.2. The SMILES string of the molecule is CON1CCC2(CC1)NC(=O)C(c1cc(-c3ccc(F)cc3)ccc1C)=C2OC(C)=O. The van der Waals surface area contributed by atoms with E-state index >= 15 is 0 Å². The Morgan fingerprint density at radius 1 is 1.10 bits per heavy atom. The molecule has 2 heterocycles. The zero-order chi connectivity index (χ0) is 22.2. The summed E-state index contributed by atoms with van der Waals surface area (Å²) in [5, 5.41) is 4.91. The Labute approximate surface area is 180 Å². The first kappa shape index (κ1) is 21.2. The van der Waals surface area contributed by atoms with Crippen molar-refractivity contribution in [1.82, 2.24) is 10.4 Å². The highest BCUT2D eigenvalue weighted by Crippen LogP contribution is 2.42. The Bertz CT molecular complexity index is 1050. The fourth-order valence-corrected chi connectivity index (χ4v) is 4.33. The molecule has 0 radical (unpaired) electrons. The third-order valence-electron chi connectivity index (χ3n) is 6.01. The molecule has 2 aliphatic heterocycles. The van der Waals surface area contributed by atoms with Crippen LogP contribution in [0.1, 0.15) is 30.9 Å². The number of ether oxygens (including phenoxy) is 1. The summed E-state index contributed by atoms with van der Waals surface area (Å²) in [6, 6.07) is 11.9. The molecule has 0 saturated carbocycles. The molecule has 2 aromatic rings. The van der Waals surface area contributed by atoms with Crippen molar-refractivity contribution in [2.45, 2.75) is 32.2 Å². The minimum absolute atomic E-state index is 0.263. The van der Waals surface area contributed by atoms with E-state index in [1.165, 1.54) is 19.1 Å². The fraction of sp³-hybridized carbons (Fsp3) is 0.333. The second-order valence-electron chi connectivity index (χ2n) is 7.98. The summed E-state index contributed by atoms with van der Waals surface area (Å²) < 4.78 is 19.0. The van der Waals surface area contributed by atoms with Gasteiger partial charge in [0.1, 0.15) is 17.1 Å². The lowest BCUT2D eigenvalue weighted by atomic mass is 9.85. The number of carbonyl (C=O) groups excluding carboxylic acids is 2. The molecule has 1 amide bonds. The molecule has 162 valence electrons. The van der Waals surface area contributed by atoms with Crippen molar-refractivity contribution >= 4 is 17.4 Å². The molecule has 2 aromatic carbocycles. The van der Waals surface area contributed by atoms with Gasteiger partial charge in [0.05, 0.1) is 12.7 Å². The van der Waals surface area contributed by atoms with Crippen molar-refractivity contribution in [3.63, 3.8) is 0 Å². The summed E-state index contributed by atoms with van der Waals surface area (Å²) >= 11 is 0. The van der Waals surface area contributed by atoms with Gasteiger partial charge in [0.2, 0.25) is 0 Å². The molecule has 31 heavy (non-hydrogen) atoms. The summed E-state index contributed by atoms with van der Waals surface area (Å²) in [5.74, 6) is -0.665. The van der Waals surface area contributed by atoms with Crippen molar-refractivity contribution in [3.8, 4) is 11.1 Å². The van der Waals surface area contributed by atoms with E-state index in [1.807, 2.05) is 30.2 Å². The van der Waals surface area contributed by atoms with Crippen LogP contribution in [0.5, 0.6) is 0 Å². The van der Waals surface area contributed by atoms with Crippen LogP contribution in [0, 0.1) is 12.7 Å². The van der Waals surface area contributed by atoms with E-state index in [0.717, 1.165) is 16.7 Å². The molecule has 0 aromatic heterocycles. The highest BCUT2D eigenvalue weighted by Gasteiger charge is 2.49. The summed E-state index contributed by atoms with van der Waals surface area (Å²) in [6.07, 6.45) is 1.13. The molecular weight excluding hydrogens is 399 g/mol. The van der Waals surface area contributed by atoms with Crippen LogP contribution in [0.3, 0.4) is 0 Å². The number of nitrogens with zero attached hydrogens (tertiary/aromatic N) is 1. The second kappa shape index (κ2) is 8.24. The zero-order valence-corrected chi connectivity index (χ0v) is 17.8. The van der Waals surface area contributed by atoms with E-state index in [9.17, 15) is 14.0 Å². The van der Waals surface area contributed by atoms with Gasteiger partial charge in [0.25, 0.3) is 5.91 Å². The maximum Gasteiger partial charge on any atom is 0.307 e. The number of halogens is 1. The molecule has 1 spiro atoms. The highest BCUT2D eigenvalue weighted by molar-refractivity contribution is 6.24. The standard InChI is InChI=1S/C24H25FN2O4/c1-15-4-5-18(17-6-8-19(25)9-7-17)14-20(15)21-22(31-16(2)28)24(26-23(21)29)10-12-27(30-3)13-11-24/h4-9,14H,10-13H2,1-3H3,(H,26,29). The van der Waals surface area contributed by atoms with E-state index in [2.05, 4.69) is 5.32 Å². The van der Waals surface area contributed by atoms with E-state index in [1.54, 1.807) is 19.2 Å². The number of aryl methyl sites for hydroxylation is 1. The summed E-state index contributed by atoms with van der Waals surface area (Å²) in [4.78, 5) is 30.5. The van der Waals surface area contributed by atoms with Crippen LogP contribution in [-0.4, -0.2) is 42.7 Å². The average molecular weight is 424 g/mol. The highest BCUT2D eigenvalue weighted by atomic mass is 19.1. The van der Waals surface area contributed by atoms with Crippen molar-refractivity contribution in [2.24, 2.45) is 0 Å². The van der Waals surface area contributed by atoms with Crippen LogP contribution in [0.25, 0.3) is 16.7 Å². The number of carbonyl (C=O) groups is 2. The molecule has 0 atom stereocenters. The fourth-order valence-electron chi connectivity index (χ4n) is 4.33. The minimum atomic E-state index is -0.745. The van der Waals surface area contributed by atoms with Gasteiger partial charge in [-0.2, -0.15) is 5.06 Å². The number of piperidine rings is 1. The first-order chi connectivity index (χ1) is 14.8. The average Bonchev–Trinajstić information content (AvgIpc) is 3.00. The van der Waals surface area contributed by atoms with Gasteiger partial charge in [-0.15, -0.1) is 0 Å². The Morgan fingerprint density at radius 2 is 1.74 bits per heavy atom. The number of rotatable bonds is 4. The van der Waals surface area contributed by atoms with Gasteiger partial charge in [0.15, 0.2) is 0 Å². The van der Waals surface area contributed by atoms with Crippen LogP contribution in [0.2, 0.25) is 0 Å². The second-order valence-corrected chi connectivity index (χ2v) is 7.98. The number of hydrogen-bond donors (Lipinski definition) is 1.